The molecule has 0 aliphatic heterocycles. The van der Waals surface area contributed by atoms with E-state index in [1.807, 2.05) is 25.5 Å². The van der Waals surface area contributed by atoms with Crippen molar-refractivity contribution in [3.05, 3.63) is 11.6 Å². The average Bonchev–Trinajstić information content (AvgIpc) is 2.05. The van der Waals surface area contributed by atoms with E-state index in [0.29, 0.717) is 4.58 Å². The van der Waals surface area contributed by atoms with Gasteiger partial charge < -0.3 is 0 Å². The van der Waals surface area contributed by atoms with E-state index in [1.54, 1.807) is 23.5 Å². The number of thioether (sulfide) groups is 2. The van der Waals surface area contributed by atoms with Gasteiger partial charge in [-0.2, -0.15) is 0 Å². The van der Waals surface area contributed by atoms with E-state index >= 15 is 0 Å². The van der Waals surface area contributed by atoms with Gasteiger partial charge in [-0.25, -0.2) is 0 Å². The minimum atomic E-state index is 0.312. The highest BCUT2D eigenvalue weighted by atomic mass is 32.2. The molecule has 0 aromatic rings. The van der Waals surface area contributed by atoms with Crippen LogP contribution in [0.15, 0.2) is 11.6 Å². The van der Waals surface area contributed by atoms with Gasteiger partial charge in [0.1, 0.15) is 6.29 Å². The molecule has 0 radical (unpaired) electrons. The third kappa shape index (κ3) is 3.87. The average molecular weight is 190 g/mol. The Kier molecular flexibility index (Phi) is 6.87. The molecule has 0 atom stereocenters. The fourth-order valence-corrected chi connectivity index (χ4v) is 2.42. The predicted octanol–water partition coefficient (Wildman–Crippen LogP) is 2.57. The lowest BCUT2D eigenvalue weighted by atomic mass is 10.3. The molecule has 64 valence electrons. The molecule has 0 saturated heterocycles. The zero-order valence-electron chi connectivity index (χ0n) is 7.16. The number of carbonyl (C=O) groups is 1. The number of hydrogen-bond acceptors (Lipinski definition) is 3. The van der Waals surface area contributed by atoms with Crippen LogP contribution in [0.4, 0.5) is 0 Å². The van der Waals surface area contributed by atoms with Crippen molar-refractivity contribution < 1.29 is 4.79 Å². The molecule has 0 spiro atoms. The van der Waals surface area contributed by atoms with Crippen molar-refractivity contribution in [2.24, 2.45) is 0 Å². The lowest BCUT2D eigenvalue weighted by molar-refractivity contribution is -0.104. The normalized spacial score (nSPS) is 12.2. The molecule has 0 fully saturated rings. The topological polar surface area (TPSA) is 17.1 Å². The van der Waals surface area contributed by atoms with Gasteiger partial charge in [0.05, 0.1) is 4.58 Å². The van der Waals surface area contributed by atoms with Crippen LogP contribution >= 0.6 is 23.5 Å². The molecule has 0 aliphatic rings. The summed E-state index contributed by atoms with van der Waals surface area (Å²) in [6.07, 6.45) is 7.93. The zero-order chi connectivity index (χ0) is 8.69. The van der Waals surface area contributed by atoms with Gasteiger partial charge in [0.15, 0.2) is 0 Å². The third-order valence-electron chi connectivity index (χ3n) is 1.28. The first-order chi connectivity index (χ1) is 5.29. The monoisotopic (exact) mass is 190 g/mol. The third-order valence-corrected chi connectivity index (χ3v) is 3.83. The quantitative estimate of drug-likeness (QED) is 0.377. The lowest BCUT2D eigenvalue weighted by Crippen LogP contribution is -2.01. The van der Waals surface area contributed by atoms with E-state index in [-0.39, 0.29) is 0 Å². The molecule has 0 saturated carbocycles. The van der Waals surface area contributed by atoms with E-state index in [0.717, 1.165) is 18.3 Å². The maximum atomic E-state index is 10.6. The summed E-state index contributed by atoms with van der Waals surface area (Å²) in [5.74, 6) is 0. The maximum absolute atomic E-state index is 10.6. The number of rotatable bonds is 5. The summed E-state index contributed by atoms with van der Waals surface area (Å²) < 4.78 is 0.312. The van der Waals surface area contributed by atoms with Crippen LogP contribution in [0, 0.1) is 0 Å². The van der Waals surface area contributed by atoms with Crippen LogP contribution < -0.4 is 0 Å². The lowest BCUT2D eigenvalue weighted by Gasteiger charge is -2.09. The van der Waals surface area contributed by atoms with Gasteiger partial charge in [-0.05, 0) is 18.9 Å². The van der Waals surface area contributed by atoms with Crippen molar-refractivity contribution in [1.82, 2.24) is 0 Å². The second-order valence-electron chi connectivity index (χ2n) is 2.03. The van der Waals surface area contributed by atoms with Crippen LogP contribution in [0.5, 0.6) is 0 Å². The fraction of sp³-hybridized carbons (Fsp3) is 0.625. The van der Waals surface area contributed by atoms with Crippen molar-refractivity contribution in [1.29, 1.82) is 0 Å². The number of hydrogen-bond donors (Lipinski definition) is 0. The predicted molar refractivity (Wildman–Crippen MR) is 55.3 cm³/mol. The number of aldehydes is 1. The summed E-state index contributed by atoms with van der Waals surface area (Å²) in [6.45, 7) is 2.04. The van der Waals surface area contributed by atoms with Crippen molar-refractivity contribution in [3.8, 4) is 0 Å². The van der Waals surface area contributed by atoms with E-state index in [2.05, 4.69) is 0 Å². The number of carbonyl (C=O) groups excluding carboxylic acids is 1. The molecule has 0 N–H and O–H groups in total. The van der Waals surface area contributed by atoms with E-state index in [1.165, 1.54) is 0 Å². The van der Waals surface area contributed by atoms with Crippen LogP contribution in [0.3, 0.4) is 0 Å². The summed E-state index contributed by atoms with van der Waals surface area (Å²) >= 11 is 3.41. The highest BCUT2D eigenvalue weighted by Crippen LogP contribution is 2.25. The Morgan fingerprint density at radius 3 is 2.27 bits per heavy atom. The molecule has 11 heavy (non-hydrogen) atoms. The Morgan fingerprint density at radius 1 is 1.45 bits per heavy atom. The Hall–Kier alpha value is 0.110. The van der Waals surface area contributed by atoms with E-state index < -0.39 is 0 Å². The van der Waals surface area contributed by atoms with Gasteiger partial charge >= 0.3 is 0 Å². The van der Waals surface area contributed by atoms with Gasteiger partial charge in [0.25, 0.3) is 0 Å². The van der Waals surface area contributed by atoms with Gasteiger partial charge in [-0.15, -0.1) is 23.5 Å². The molecular formula is C8H14OS2. The number of allylic oxidation sites excluding steroid dienone is 1. The smallest absolute Gasteiger partial charge is 0.147 e. The van der Waals surface area contributed by atoms with Gasteiger partial charge in [-0.3, -0.25) is 4.79 Å². The van der Waals surface area contributed by atoms with Crippen molar-refractivity contribution in [2.75, 3.05) is 12.5 Å². The van der Waals surface area contributed by atoms with Crippen LogP contribution in [-0.4, -0.2) is 23.4 Å². The second-order valence-corrected chi connectivity index (χ2v) is 4.22. The zero-order valence-corrected chi connectivity index (χ0v) is 8.80. The highest BCUT2D eigenvalue weighted by molar-refractivity contribution is 8.16. The first-order valence-corrected chi connectivity index (χ1v) is 6.08. The summed E-state index contributed by atoms with van der Waals surface area (Å²) in [5, 5.41) is 0. The van der Waals surface area contributed by atoms with Crippen LogP contribution in [0.25, 0.3) is 0 Å². The molecule has 0 aromatic heterocycles. The van der Waals surface area contributed by atoms with Gasteiger partial charge in [-0.1, -0.05) is 13.0 Å². The van der Waals surface area contributed by atoms with Crippen molar-refractivity contribution in [2.45, 2.75) is 17.9 Å². The van der Waals surface area contributed by atoms with Gasteiger partial charge in [0, 0.05) is 5.57 Å². The molecule has 0 aliphatic carbocycles. The molecule has 1 nitrogen and oxygen atoms in total. The molecule has 0 unspecified atom stereocenters. The molecule has 0 amide bonds. The van der Waals surface area contributed by atoms with Crippen LogP contribution in [0.1, 0.15) is 13.3 Å². The Bertz CT molecular complexity index is 139. The first kappa shape index (κ1) is 11.1. The first-order valence-electron chi connectivity index (χ1n) is 3.50. The summed E-state index contributed by atoms with van der Waals surface area (Å²) in [5.41, 5.74) is 0.910. The second kappa shape index (κ2) is 6.80. The van der Waals surface area contributed by atoms with Crippen LogP contribution in [0.2, 0.25) is 0 Å². The van der Waals surface area contributed by atoms with Crippen molar-refractivity contribution in [3.63, 3.8) is 0 Å². The Morgan fingerprint density at radius 2 is 2.00 bits per heavy atom. The molecular weight excluding hydrogens is 176 g/mol. The molecule has 0 bridgehead atoms. The minimum Gasteiger partial charge on any atom is -0.298 e. The molecule has 0 heterocycles. The van der Waals surface area contributed by atoms with Gasteiger partial charge in [0.2, 0.25) is 0 Å². The van der Waals surface area contributed by atoms with E-state index in [9.17, 15) is 4.79 Å². The summed E-state index contributed by atoms with van der Waals surface area (Å²) in [7, 11) is 0. The van der Waals surface area contributed by atoms with Crippen LogP contribution in [-0.2, 0) is 4.79 Å². The summed E-state index contributed by atoms with van der Waals surface area (Å²) in [6, 6.07) is 0. The minimum absolute atomic E-state index is 0.312. The molecule has 0 aromatic carbocycles. The summed E-state index contributed by atoms with van der Waals surface area (Å²) in [4.78, 5) is 10.6. The SMILES string of the molecule is CCC=C(C=O)C(SC)SC. The fourth-order valence-electron chi connectivity index (χ4n) is 0.804. The molecule has 0 rings (SSSR count). The largest absolute Gasteiger partial charge is 0.298 e. The maximum Gasteiger partial charge on any atom is 0.147 e. The van der Waals surface area contributed by atoms with Crippen molar-refractivity contribution >= 4 is 29.8 Å². The molecule has 3 heteroatoms. The van der Waals surface area contributed by atoms with E-state index in [4.69, 9.17) is 0 Å². The standard InChI is InChI=1S/C8H14OS2/c1-4-5-7(6-9)8(10-2)11-3/h5-6,8H,4H2,1-3H3. The Balaban J connectivity index is 4.20. The Labute approximate surface area is 77.0 Å². The highest BCUT2D eigenvalue weighted by Gasteiger charge is 2.08.